The van der Waals surface area contributed by atoms with Crippen molar-refractivity contribution in [2.45, 2.75) is 33.2 Å². The van der Waals surface area contributed by atoms with Gasteiger partial charge in [-0.3, -0.25) is 14.5 Å². The van der Waals surface area contributed by atoms with Crippen LogP contribution in [0.1, 0.15) is 42.3 Å². The summed E-state index contributed by atoms with van der Waals surface area (Å²) in [5.41, 5.74) is 1.62. The van der Waals surface area contributed by atoms with Crippen LogP contribution >= 0.6 is 0 Å². The molecule has 0 spiro atoms. The molecule has 98 valence electrons. The van der Waals surface area contributed by atoms with Gasteiger partial charge in [0, 0.05) is 5.56 Å². The van der Waals surface area contributed by atoms with Gasteiger partial charge in [-0.2, -0.15) is 4.99 Å². The number of carbonyl (C=O) groups excluding carboxylic acids is 2. The maximum atomic E-state index is 12.5. The summed E-state index contributed by atoms with van der Waals surface area (Å²) in [4.78, 5) is 30.5. The molecule has 2 amide bonds. The minimum absolute atomic E-state index is 0.0145. The Labute approximate surface area is 112 Å². The van der Waals surface area contributed by atoms with Crippen LogP contribution in [0.2, 0.25) is 0 Å². The molecule has 4 nitrogen and oxygen atoms in total. The minimum Gasteiger partial charge on any atom is -0.277 e. The number of hydrogen-bond donors (Lipinski definition) is 0. The molecule has 0 radical (unpaired) electrons. The van der Waals surface area contributed by atoms with Gasteiger partial charge in [0.1, 0.15) is 11.4 Å². The summed E-state index contributed by atoms with van der Waals surface area (Å²) < 4.78 is 0. The molecule has 19 heavy (non-hydrogen) atoms. The Morgan fingerprint density at radius 3 is 2.53 bits per heavy atom. The lowest BCUT2D eigenvalue weighted by molar-refractivity contribution is -0.126. The van der Waals surface area contributed by atoms with Gasteiger partial charge in [-0.05, 0) is 31.9 Å². The summed E-state index contributed by atoms with van der Waals surface area (Å²) >= 11 is 0. The zero-order chi connectivity index (χ0) is 13.9. The lowest BCUT2D eigenvalue weighted by Crippen LogP contribution is -2.53. The second-order valence-corrected chi connectivity index (χ2v) is 5.73. The van der Waals surface area contributed by atoms with Gasteiger partial charge in [-0.1, -0.05) is 25.5 Å². The quantitative estimate of drug-likeness (QED) is 0.773. The first-order valence-electron chi connectivity index (χ1n) is 6.46. The van der Waals surface area contributed by atoms with E-state index in [1.165, 1.54) is 0 Å². The third kappa shape index (κ3) is 1.31. The van der Waals surface area contributed by atoms with E-state index in [1.54, 1.807) is 11.8 Å². The van der Waals surface area contributed by atoms with E-state index in [-0.39, 0.29) is 17.7 Å². The average Bonchev–Trinajstić information content (AvgIpc) is 2.76. The number of fused-ring (bicyclic) bond motifs is 3. The van der Waals surface area contributed by atoms with Crippen LogP contribution in [0.3, 0.4) is 0 Å². The molecule has 0 saturated carbocycles. The molecule has 1 aromatic carbocycles. The molecule has 1 unspecified atom stereocenters. The maximum absolute atomic E-state index is 12.5. The van der Waals surface area contributed by atoms with Gasteiger partial charge in [-0.15, -0.1) is 0 Å². The Bertz CT molecular complexity index is 646. The van der Waals surface area contributed by atoms with Crippen molar-refractivity contribution in [3.63, 3.8) is 0 Å². The summed E-state index contributed by atoms with van der Waals surface area (Å²) in [5.74, 6) is 0.194. The number of aryl methyl sites for hydroxylation is 1. The first kappa shape index (κ1) is 12.1. The van der Waals surface area contributed by atoms with Crippen LogP contribution in [-0.4, -0.2) is 28.1 Å². The Hall–Kier alpha value is -1.97. The van der Waals surface area contributed by atoms with Crippen LogP contribution in [0.5, 0.6) is 0 Å². The largest absolute Gasteiger partial charge is 0.277 e. The van der Waals surface area contributed by atoms with Crippen LogP contribution in [0, 0.1) is 12.8 Å². The molecule has 0 N–H and O–H groups in total. The molecule has 1 aromatic rings. The molecule has 2 heterocycles. The van der Waals surface area contributed by atoms with Crippen molar-refractivity contribution >= 4 is 17.6 Å². The number of benzene rings is 1. The zero-order valence-electron chi connectivity index (χ0n) is 11.5. The highest BCUT2D eigenvalue weighted by Crippen LogP contribution is 2.39. The van der Waals surface area contributed by atoms with E-state index < -0.39 is 5.54 Å². The van der Waals surface area contributed by atoms with E-state index in [1.807, 2.05) is 39.0 Å². The Balaban J connectivity index is 2.23. The van der Waals surface area contributed by atoms with E-state index in [2.05, 4.69) is 4.99 Å². The van der Waals surface area contributed by atoms with Gasteiger partial charge >= 0.3 is 0 Å². The van der Waals surface area contributed by atoms with Crippen molar-refractivity contribution in [1.29, 1.82) is 0 Å². The molecule has 0 aromatic heterocycles. The van der Waals surface area contributed by atoms with Crippen molar-refractivity contribution in [2.24, 2.45) is 10.9 Å². The van der Waals surface area contributed by atoms with Crippen LogP contribution in [0.25, 0.3) is 0 Å². The van der Waals surface area contributed by atoms with Crippen molar-refractivity contribution in [3.05, 3.63) is 34.9 Å². The molecule has 4 heteroatoms. The molecule has 3 rings (SSSR count). The van der Waals surface area contributed by atoms with Crippen molar-refractivity contribution in [1.82, 2.24) is 4.90 Å². The lowest BCUT2D eigenvalue weighted by atomic mass is 9.87. The van der Waals surface area contributed by atoms with Crippen molar-refractivity contribution in [3.8, 4) is 0 Å². The number of rotatable bonds is 1. The maximum Gasteiger partial charge on any atom is 0.274 e. The first-order valence-corrected chi connectivity index (χ1v) is 6.46. The highest BCUT2D eigenvalue weighted by atomic mass is 16.2. The molecule has 0 saturated heterocycles. The van der Waals surface area contributed by atoms with Gasteiger partial charge in [0.15, 0.2) is 0 Å². The summed E-state index contributed by atoms with van der Waals surface area (Å²) in [6.07, 6.45) is 0. The third-order valence-corrected chi connectivity index (χ3v) is 4.29. The van der Waals surface area contributed by atoms with E-state index in [0.717, 1.165) is 11.1 Å². The van der Waals surface area contributed by atoms with E-state index >= 15 is 0 Å². The smallest absolute Gasteiger partial charge is 0.274 e. The molecule has 0 fully saturated rings. The molecule has 1 atom stereocenters. The summed E-state index contributed by atoms with van der Waals surface area (Å²) in [7, 11) is 0. The zero-order valence-corrected chi connectivity index (χ0v) is 11.5. The summed E-state index contributed by atoms with van der Waals surface area (Å²) in [6, 6.07) is 5.65. The predicted octanol–water partition coefficient (Wildman–Crippen LogP) is 2.15. The number of amides is 2. The molecule has 2 aliphatic rings. The van der Waals surface area contributed by atoms with Crippen LogP contribution < -0.4 is 0 Å². The third-order valence-electron chi connectivity index (χ3n) is 4.29. The Morgan fingerprint density at radius 1 is 1.21 bits per heavy atom. The van der Waals surface area contributed by atoms with Gasteiger partial charge < -0.3 is 0 Å². The van der Waals surface area contributed by atoms with E-state index in [0.29, 0.717) is 11.4 Å². The second kappa shape index (κ2) is 3.53. The van der Waals surface area contributed by atoms with Gasteiger partial charge in [0.05, 0.1) is 5.56 Å². The number of nitrogens with zero attached hydrogens (tertiary/aromatic N) is 2. The summed E-state index contributed by atoms with van der Waals surface area (Å²) in [6.45, 7) is 7.65. The fourth-order valence-corrected chi connectivity index (χ4v) is 2.72. The standard InChI is InChI=1S/C15H16N2O2/c1-8(2)15(4)14(19)16-12-11-7-9(3)5-6-10(11)13(18)17(12)15/h5-8H,1-4H3. The SMILES string of the molecule is Cc1ccc2c(c1)C1=NC(=O)C(C)(C(C)C)N1C2=O. The number of carbonyl (C=O) groups is 2. The van der Waals surface area contributed by atoms with Crippen molar-refractivity contribution in [2.75, 3.05) is 0 Å². The number of amidine groups is 1. The monoisotopic (exact) mass is 256 g/mol. The second-order valence-electron chi connectivity index (χ2n) is 5.73. The highest BCUT2D eigenvalue weighted by Gasteiger charge is 2.55. The van der Waals surface area contributed by atoms with Crippen LogP contribution in [0.15, 0.2) is 23.2 Å². The Kier molecular flexibility index (Phi) is 2.24. The molecular formula is C15H16N2O2. The van der Waals surface area contributed by atoms with E-state index in [4.69, 9.17) is 0 Å². The minimum atomic E-state index is -0.862. The van der Waals surface area contributed by atoms with Gasteiger partial charge in [0.2, 0.25) is 0 Å². The van der Waals surface area contributed by atoms with Gasteiger partial charge in [-0.25, -0.2) is 0 Å². The topological polar surface area (TPSA) is 49.7 Å². The van der Waals surface area contributed by atoms with Gasteiger partial charge in [0.25, 0.3) is 11.8 Å². The molecular weight excluding hydrogens is 240 g/mol. The van der Waals surface area contributed by atoms with Crippen molar-refractivity contribution < 1.29 is 9.59 Å². The van der Waals surface area contributed by atoms with E-state index in [9.17, 15) is 9.59 Å². The average molecular weight is 256 g/mol. The van der Waals surface area contributed by atoms with Crippen LogP contribution in [0.4, 0.5) is 0 Å². The Morgan fingerprint density at radius 2 is 1.89 bits per heavy atom. The number of aliphatic imine (C=N–C) groups is 1. The number of hydrogen-bond acceptors (Lipinski definition) is 2. The first-order chi connectivity index (χ1) is 8.87. The normalized spacial score (nSPS) is 24.9. The predicted molar refractivity (Wildman–Crippen MR) is 72.1 cm³/mol. The molecule has 0 bridgehead atoms. The molecule has 0 aliphatic carbocycles. The molecule has 2 aliphatic heterocycles. The fraction of sp³-hybridized carbons (Fsp3) is 0.400. The summed E-state index contributed by atoms with van der Waals surface area (Å²) in [5, 5.41) is 0. The van der Waals surface area contributed by atoms with Crippen LogP contribution in [-0.2, 0) is 4.79 Å². The fourth-order valence-electron chi connectivity index (χ4n) is 2.72. The lowest BCUT2D eigenvalue weighted by Gasteiger charge is -2.34. The highest BCUT2D eigenvalue weighted by molar-refractivity contribution is 6.30.